The van der Waals surface area contributed by atoms with Gasteiger partial charge in [0.25, 0.3) is 5.91 Å². The molecule has 2 aliphatic rings. The fourth-order valence-electron chi connectivity index (χ4n) is 4.61. The van der Waals surface area contributed by atoms with E-state index in [2.05, 4.69) is 5.10 Å². The molecule has 1 aliphatic heterocycles. The molecule has 6 heteroatoms. The van der Waals surface area contributed by atoms with Crippen molar-refractivity contribution in [3.8, 4) is 0 Å². The van der Waals surface area contributed by atoms with Crippen LogP contribution in [-0.4, -0.2) is 32.5 Å². The normalized spacial score (nSPS) is 29.9. The summed E-state index contributed by atoms with van der Waals surface area (Å²) in [6, 6.07) is 7.78. The number of primary amides is 1. The van der Waals surface area contributed by atoms with Crippen LogP contribution in [0, 0.1) is 5.92 Å². The number of fused-ring (bicyclic) bond motifs is 2. The van der Waals surface area contributed by atoms with E-state index in [1.165, 1.54) is 6.92 Å². The fourth-order valence-corrected chi connectivity index (χ4v) is 4.61. The first-order valence-corrected chi connectivity index (χ1v) is 8.09. The maximum Gasteiger partial charge on any atom is 0.266 e. The third-order valence-corrected chi connectivity index (χ3v) is 5.46. The molecule has 2 amide bonds. The summed E-state index contributed by atoms with van der Waals surface area (Å²) in [5.74, 6) is -0.303. The molecule has 1 aromatic carbocycles. The summed E-state index contributed by atoms with van der Waals surface area (Å²) in [6.07, 6.45) is 5.33. The fraction of sp³-hybridized carbons (Fsp3) is 0.471. The molecule has 3 unspecified atom stereocenters. The number of hydrogen-bond donors (Lipinski definition) is 1. The molecule has 23 heavy (non-hydrogen) atoms. The Morgan fingerprint density at radius 1 is 1.30 bits per heavy atom. The summed E-state index contributed by atoms with van der Waals surface area (Å²) in [7, 11) is 0. The second kappa shape index (κ2) is 4.81. The van der Waals surface area contributed by atoms with Crippen molar-refractivity contribution < 1.29 is 9.59 Å². The molecular formula is C17H20N4O2. The van der Waals surface area contributed by atoms with Crippen LogP contribution in [-0.2, 0) is 15.3 Å². The molecular weight excluding hydrogens is 292 g/mol. The zero-order valence-corrected chi connectivity index (χ0v) is 13.1. The molecule has 4 rings (SSSR count). The molecule has 6 nitrogen and oxygen atoms in total. The summed E-state index contributed by atoms with van der Waals surface area (Å²) in [5.41, 5.74) is 5.49. The van der Waals surface area contributed by atoms with Gasteiger partial charge in [-0.1, -0.05) is 24.6 Å². The molecule has 1 saturated carbocycles. The lowest BCUT2D eigenvalue weighted by molar-refractivity contribution is -0.151. The number of amides is 2. The van der Waals surface area contributed by atoms with Crippen LogP contribution >= 0.6 is 0 Å². The van der Waals surface area contributed by atoms with E-state index in [1.54, 1.807) is 15.8 Å². The highest BCUT2D eigenvalue weighted by molar-refractivity contribution is 5.91. The molecule has 2 fully saturated rings. The maximum atomic E-state index is 12.6. The Kier molecular flexibility index (Phi) is 2.98. The van der Waals surface area contributed by atoms with Gasteiger partial charge in [-0.15, -0.1) is 0 Å². The predicted molar refractivity (Wildman–Crippen MR) is 85.2 cm³/mol. The van der Waals surface area contributed by atoms with Gasteiger partial charge in [-0.3, -0.25) is 9.59 Å². The SMILES string of the molecule is CC(=O)N1C2CCCC2CC1(C(N)=O)n1ncc2ccccc21. The molecule has 0 radical (unpaired) electrons. The standard InChI is InChI=1S/C17H20N4O2/c1-11(22)20-14-8-4-6-12(14)9-17(20,16(18)23)21-15-7-3-2-5-13(15)10-19-21/h2-3,5,7,10,12,14H,4,6,8-9H2,1H3,(H2,18,23). The van der Waals surface area contributed by atoms with Crippen LogP contribution in [0.4, 0.5) is 0 Å². The number of likely N-dealkylation sites (tertiary alicyclic amines) is 1. The van der Waals surface area contributed by atoms with Crippen LogP contribution in [0.5, 0.6) is 0 Å². The van der Waals surface area contributed by atoms with Gasteiger partial charge in [0.2, 0.25) is 11.6 Å². The van der Waals surface area contributed by atoms with Crippen molar-refractivity contribution in [2.45, 2.75) is 44.3 Å². The van der Waals surface area contributed by atoms with Crippen LogP contribution in [0.25, 0.3) is 10.9 Å². The first kappa shape index (κ1) is 14.2. The molecule has 120 valence electrons. The van der Waals surface area contributed by atoms with Crippen LogP contribution in [0.15, 0.2) is 30.5 Å². The lowest BCUT2D eigenvalue weighted by atomic mass is 9.97. The van der Waals surface area contributed by atoms with Gasteiger partial charge in [-0.05, 0) is 24.8 Å². The maximum absolute atomic E-state index is 12.6. The third-order valence-electron chi connectivity index (χ3n) is 5.46. The van der Waals surface area contributed by atoms with Crippen LogP contribution in [0.3, 0.4) is 0 Å². The molecule has 3 atom stereocenters. The highest BCUT2D eigenvalue weighted by Gasteiger charge is 2.59. The van der Waals surface area contributed by atoms with Gasteiger partial charge in [-0.25, -0.2) is 4.68 Å². The smallest absolute Gasteiger partial charge is 0.266 e. The van der Waals surface area contributed by atoms with Gasteiger partial charge in [0.05, 0.1) is 11.7 Å². The van der Waals surface area contributed by atoms with Gasteiger partial charge < -0.3 is 10.6 Å². The topological polar surface area (TPSA) is 81.2 Å². The lowest BCUT2D eigenvalue weighted by Gasteiger charge is -2.38. The van der Waals surface area contributed by atoms with Crippen LogP contribution in [0.1, 0.15) is 32.6 Å². The highest BCUT2D eigenvalue weighted by Crippen LogP contribution is 2.49. The van der Waals surface area contributed by atoms with Crippen molar-refractivity contribution in [3.05, 3.63) is 30.5 Å². The summed E-state index contributed by atoms with van der Waals surface area (Å²) >= 11 is 0. The van der Waals surface area contributed by atoms with Gasteiger partial charge >= 0.3 is 0 Å². The number of rotatable bonds is 2. The van der Waals surface area contributed by atoms with Crippen LogP contribution < -0.4 is 5.73 Å². The van der Waals surface area contributed by atoms with Crippen molar-refractivity contribution in [2.75, 3.05) is 0 Å². The number of nitrogens with two attached hydrogens (primary N) is 1. The number of aromatic nitrogens is 2. The largest absolute Gasteiger partial charge is 0.366 e. The van der Waals surface area contributed by atoms with E-state index < -0.39 is 11.6 Å². The number of carbonyl (C=O) groups is 2. The monoisotopic (exact) mass is 312 g/mol. The molecule has 0 spiro atoms. The molecule has 2 aromatic rings. The Labute approximate surface area is 134 Å². The van der Waals surface area contributed by atoms with E-state index in [1.807, 2.05) is 24.3 Å². The number of nitrogens with zero attached hydrogens (tertiary/aromatic N) is 3. The minimum Gasteiger partial charge on any atom is -0.366 e. The minimum atomic E-state index is -1.19. The molecule has 0 bridgehead atoms. The molecule has 1 aromatic heterocycles. The predicted octanol–water partition coefficient (Wildman–Crippen LogP) is 1.60. The lowest BCUT2D eigenvalue weighted by Crippen LogP contribution is -2.59. The van der Waals surface area contributed by atoms with E-state index in [9.17, 15) is 9.59 Å². The number of para-hydroxylation sites is 1. The summed E-state index contributed by atoms with van der Waals surface area (Å²) in [6.45, 7) is 1.52. The first-order chi connectivity index (χ1) is 11.1. The molecule has 1 aliphatic carbocycles. The van der Waals surface area contributed by atoms with Gasteiger partial charge in [0.1, 0.15) is 0 Å². The average molecular weight is 312 g/mol. The number of carbonyl (C=O) groups excluding carboxylic acids is 2. The minimum absolute atomic E-state index is 0.0861. The quantitative estimate of drug-likeness (QED) is 0.914. The summed E-state index contributed by atoms with van der Waals surface area (Å²) in [5, 5.41) is 5.39. The van der Waals surface area contributed by atoms with Crippen molar-refractivity contribution in [3.63, 3.8) is 0 Å². The Bertz CT molecular complexity index is 799. The average Bonchev–Trinajstić information content (AvgIpc) is 3.18. The Morgan fingerprint density at radius 2 is 2.09 bits per heavy atom. The Morgan fingerprint density at radius 3 is 2.83 bits per heavy atom. The third kappa shape index (κ3) is 1.77. The first-order valence-electron chi connectivity index (χ1n) is 8.09. The zero-order chi connectivity index (χ0) is 16.2. The van der Waals surface area contributed by atoms with E-state index in [-0.39, 0.29) is 11.9 Å². The molecule has 2 heterocycles. The van der Waals surface area contributed by atoms with Gasteiger partial charge in [0.15, 0.2) is 0 Å². The highest BCUT2D eigenvalue weighted by atomic mass is 16.2. The summed E-state index contributed by atoms with van der Waals surface area (Å²) in [4.78, 5) is 26.7. The molecule has 2 N–H and O–H groups in total. The summed E-state index contributed by atoms with van der Waals surface area (Å²) < 4.78 is 1.67. The number of benzene rings is 1. The number of hydrogen-bond acceptors (Lipinski definition) is 3. The van der Waals surface area contributed by atoms with Gasteiger partial charge in [0, 0.05) is 24.8 Å². The second-order valence-corrected chi connectivity index (χ2v) is 6.65. The van der Waals surface area contributed by atoms with E-state index in [0.717, 1.165) is 30.2 Å². The molecule has 1 saturated heterocycles. The van der Waals surface area contributed by atoms with Crippen molar-refractivity contribution in [1.29, 1.82) is 0 Å². The van der Waals surface area contributed by atoms with Gasteiger partial charge in [-0.2, -0.15) is 5.10 Å². The second-order valence-electron chi connectivity index (χ2n) is 6.65. The Hall–Kier alpha value is -2.37. The van der Waals surface area contributed by atoms with Crippen molar-refractivity contribution >= 4 is 22.7 Å². The van der Waals surface area contributed by atoms with Crippen molar-refractivity contribution in [1.82, 2.24) is 14.7 Å². The zero-order valence-electron chi connectivity index (χ0n) is 13.1. The van der Waals surface area contributed by atoms with E-state index in [0.29, 0.717) is 12.3 Å². The Balaban J connectivity index is 1.96. The van der Waals surface area contributed by atoms with Crippen LogP contribution in [0.2, 0.25) is 0 Å². The van der Waals surface area contributed by atoms with Crippen molar-refractivity contribution in [2.24, 2.45) is 11.7 Å². The van der Waals surface area contributed by atoms with E-state index >= 15 is 0 Å². The van der Waals surface area contributed by atoms with E-state index in [4.69, 9.17) is 5.73 Å².